The summed E-state index contributed by atoms with van der Waals surface area (Å²) in [7, 11) is 1.68. The fraction of sp³-hybridized carbons (Fsp3) is 0.538. The van der Waals surface area contributed by atoms with Gasteiger partial charge in [-0.25, -0.2) is 0 Å². The minimum atomic E-state index is 0.664. The van der Waals surface area contributed by atoms with Gasteiger partial charge in [0.15, 0.2) is 0 Å². The second-order valence-electron chi connectivity index (χ2n) is 3.87. The number of benzene rings is 1. The van der Waals surface area contributed by atoms with Gasteiger partial charge in [0.05, 0.1) is 13.2 Å². The molecular weight excluding hydrogens is 282 g/mol. The Kier molecular flexibility index (Phi) is 7.24. The van der Waals surface area contributed by atoms with Gasteiger partial charge >= 0.3 is 0 Å². The van der Waals surface area contributed by atoms with Gasteiger partial charge in [0.2, 0.25) is 0 Å². The van der Waals surface area contributed by atoms with E-state index in [1.165, 1.54) is 5.56 Å². The van der Waals surface area contributed by atoms with Crippen LogP contribution in [0.4, 0.5) is 5.69 Å². The van der Waals surface area contributed by atoms with Crippen LogP contribution < -0.4 is 5.32 Å². The fourth-order valence-electron chi connectivity index (χ4n) is 1.41. The number of anilines is 1. The van der Waals surface area contributed by atoms with E-state index in [1.807, 2.05) is 0 Å². The third kappa shape index (κ3) is 6.05. The molecule has 0 aliphatic rings. The van der Waals surface area contributed by atoms with Crippen molar-refractivity contribution in [2.75, 3.05) is 38.8 Å². The summed E-state index contributed by atoms with van der Waals surface area (Å²) in [5.74, 6) is 0. The van der Waals surface area contributed by atoms with Crippen LogP contribution in [0, 0.1) is 6.92 Å². The van der Waals surface area contributed by atoms with E-state index in [4.69, 9.17) is 9.47 Å². The number of halogens is 1. The number of hydrogen-bond acceptors (Lipinski definition) is 3. The number of rotatable bonds is 8. The fourth-order valence-corrected chi connectivity index (χ4v) is 2.04. The molecule has 0 spiro atoms. The summed E-state index contributed by atoms with van der Waals surface area (Å²) in [6.07, 6.45) is 0.990. The topological polar surface area (TPSA) is 30.5 Å². The predicted octanol–water partition coefficient (Wildman–Crippen LogP) is 3.22. The van der Waals surface area contributed by atoms with Crippen molar-refractivity contribution in [1.29, 1.82) is 0 Å². The summed E-state index contributed by atoms with van der Waals surface area (Å²) < 4.78 is 11.4. The number of hydrogen-bond donors (Lipinski definition) is 1. The average Bonchev–Trinajstić information content (AvgIpc) is 2.30. The summed E-state index contributed by atoms with van der Waals surface area (Å²) in [6, 6.07) is 6.30. The molecule has 0 atom stereocenters. The summed E-state index contributed by atoms with van der Waals surface area (Å²) in [6.45, 7) is 5.09. The molecule has 0 aliphatic carbocycles. The van der Waals surface area contributed by atoms with E-state index in [0.29, 0.717) is 13.2 Å². The van der Waals surface area contributed by atoms with Crippen LogP contribution in [0.2, 0.25) is 0 Å². The summed E-state index contributed by atoms with van der Waals surface area (Å²) in [4.78, 5) is 0. The average molecular weight is 302 g/mol. The zero-order valence-electron chi connectivity index (χ0n) is 10.5. The van der Waals surface area contributed by atoms with Gasteiger partial charge in [-0.1, -0.05) is 6.07 Å². The second-order valence-corrected chi connectivity index (χ2v) is 4.72. The highest BCUT2D eigenvalue weighted by atomic mass is 79.9. The smallest absolute Gasteiger partial charge is 0.0700 e. The quantitative estimate of drug-likeness (QED) is 0.748. The molecule has 0 aliphatic heterocycles. The lowest BCUT2D eigenvalue weighted by Gasteiger charge is -2.09. The van der Waals surface area contributed by atoms with Gasteiger partial charge < -0.3 is 14.8 Å². The van der Waals surface area contributed by atoms with Crippen molar-refractivity contribution < 1.29 is 9.47 Å². The molecule has 0 saturated heterocycles. The maximum atomic E-state index is 5.38. The Hall–Kier alpha value is -0.580. The van der Waals surface area contributed by atoms with Gasteiger partial charge in [-0.15, -0.1) is 0 Å². The lowest BCUT2D eigenvalue weighted by atomic mass is 10.2. The molecule has 1 aromatic carbocycles. The van der Waals surface area contributed by atoms with E-state index in [-0.39, 0.29) is 0 Å². The van der Waals surface area contributed by atoms with Crippen molar-refractivity contribution in [3.8, 4) is 0 Å². The highest BCUT2D eigenvalue weighted by Crippen LogP contribution is 2.23. The van der Waals surface area contributed by atoms with E-state index in [9.17, 15) is 0 Å². The third-order valence-electron chi connectivity index (χ3n) is 2.34. The van der Waals surface area contributed by atoms with Crippen LogP contribution >= 0.6 is 15.9 Å². The van der Waals surface area contributed by atoms with Crippen LogP contribution in [0.1, 0.15) is 12.0 Å². The van der Waals surface area contributed by atoms with Crippen LogP contribution in [-0.4, -0.2) is 33.5 Å². The lowest BCUT2D eigenvalue weighted by molar-refractivity contribution is 0.0705. The zero-order valence-corrected chi connectivity index (χ0v) is 12.0. The van der Waals surface area contributed by atoms with Gasteiger partial charge in [0.25, 0.3) is 0 Å². The van der Waals surface area contributed by atoms with E-state index < -0.39 is 0 Å². The normalized spacial score (nSPS) is 10.5. The van der Waals surface area contributed by atoms with Crippen LogP contribution in [0.5, 0.6) is 0 Å². The molecule has 1 rings (SSSR count). The molecule has 0 saturated carbocycles. The van der Waals surface area contributed by atoms with Gasteiger partial charge in [-0.3, -0.25) is 0 Å². The second kappa shape index (κ2) is 8.50. The Labute approximate surface area is 112 Å². The van der Waals surface area contributed by atoms with Crippen molar-refractivity contribution in [1.82, 2.24) is 0 Å². The molecule has 1 aromatic rings. The number of aryl methyl sites for hydroxylation is 1. The molecule has 17 heavy (non-hydrogen) atoms. The largest absolute Gasteiger partial charge is 0.384 e. The summed E-state index contributed by atoms with van der Waals surface area (Å²) >= 11 is 3.54. The monoisotopic (exact) mass is 301 g/mol. The highest BCUT2D eigenvalue weighted by molar-refractivity contribution is 9.10. The van der Waals surface area contributed by atoms with Gasteiger partial charge in [0.1, 0.15) is 0 Å². The molecular formula is C13H20BrNO2. The molecule has 96 valence electrons. The molecule has 0 unspecified atom stereocenters. The zero-order chi connectivity index (χ0) is 12.5. The Morgan fingerprint density at radius 2 is 2.06 bits per heavy atom. The molecule has 0 aromatic heterocycles. The number of nitrogens with one attached hydrogen (secondary N) is 1. The Bertz CT molecular complexity index is 331. The standard InChI is InChI=1S/C13H20BrNO2/c1-11-4-5-13(12(14)10-11)15-6-3-7-17-9-8-16-2/h4-5,10,15H,3,6-9H2,1-2H3. The highest BCUT2D eigenvalue weighted by Gasteiger charge is 1.98. The molecule has 0 heterocycles. The van der Waals surface area contributed by atoms with Gasteiger partial charge in [-0.05, 0) is 47.0 Å². The van der Waals surface area contributed by atoms with Crippen molar-refractivity contribution in [2.45, 2.75) is 13.3 Å². The first-order chi connectivity index (χ1) is 8.24. The first-order valence-corrected chi connectivity index (χ1v) is 6.60. The predicted molar refractivity (Wildman–Crippen MR) is 74.7 cm³/mol. The minimum absolute atomic E-state index is 0.664. The van der Waals surface area contributed by atoms with E-state index >= 15 is 0 Å². The molecule has 0 amide bonds. The molecule has 0 bridgehead atoms. The Balaban J connectivity index is 2.14. The molecule has 0 radical (unpaired) electrons. The summed E-state index contributed by atoms with van der Waals surface area (Å²) in [5, 5.41) is 3.37. The number of methoxy groups -OCH3 is 1. The Morgan fingerprint density at radius 3 is 2.76 bits per heavy atom. The number of ether oxygens (including phenoxy) is 2. The third-order valence-corrected chi connectivity index (χ3v) is 2.99. The molecule has 3 nitrogen and oxygen atoms in total. The SMILES string of the molecule is COCCOCCCNc1ccc(C)cc1Br. The van der Waals surface area contributed by atoms with E-state index in [2.05, 4.69) is 46.4 Å². The van der Waals surface area contributed by atoms with Crippen molar-refractivity contribution >= 4 is 21.6 Å². The minimum Gasteiger partial charge on any atom is -0.384 e. The van der Waals surface area contributed by atoms with E-state index in [1.54, 1.807) is 7.11 Å². The van der Waals surface area contributed by atoms with Crippen molar-refractivity contribution in [2.24, 2.45) is 0 Å². The van der Waals surface area contributed by atoms with Crippen LogP contribution in [0.3, 0.4) is 0 Å². The lowest BCUT2D eigenvalue weighted by Crippen LogP contribution is -2.08. The van der Waals surface area contributed by atoms with Crippen molar-refractivity contribution in [3.05, 3.63) is 28.2 Å². The first kappa shape index (κ1) is 14.5. The Morgan fingerprint density at radius 1 is 1.24 bits per heavy atom. The van der Waals surface area contributed by atoms with Crippen LogP contribution in [0.15, 0.2) is 22.7 Å². The molecule has 1 N–H and O–H groups in total. The maximum absolute atomic E-state index is 5.38. The van der Waals surface area contributed by atoms with Crippen LogP contribution in [-0.2, 0) is 9.47 Å². The molecule has 4 heteroatoms. The summed E-state index contributed by atoms with van der Waals surface area (Å²) in [5.41, 5.74) is 2.39. The van der Waals surface area contributed by atoms with Crippen LogP contribution in [0.25, 0.3) is 0 Å². The van der Waals surface area contributed by atoms with Crippen molar-refractivity contribution in [3.63, 3.8) is 0 Å². The first-order valence-electron chi connectivity index (χ1n) is 5.80. The van der Waals surface area contributed by atoms with Gasteiger partial charge in [-0.2, -0.15) is 0 Å². The van der Waals surface area contributed by atoms with E-state index in [0.717, 1.165) is 29.7 Å². The van der Waals surface area contributed by atoms with Gasteiger partial charge in [0, 0.05) is 30.4 Å². The molecule has 0 fully saturated rings. The maximum Gasteiger partial charge on any atom is 0.0700 e.